The molecule has 3 nitrogen and oxygen atoms in total. The largest absolute Gasteiger partial charge is 0.394 e. The molecule has 0 saturated heterocycles. The molecule has 0 heterocycles. The maximum Gasteiger partial charge on any atom is 0.223 e. The quantitative estimate of drug-likeness (QED) is 0.849. The van der Waals surface area contributed by atoms with Gasteiger partial charge >= 0.3 is 0 Å². The molecule has 0 radical (unpaired) electrons. The van der Waals surface area contributed by atoms with E-state index in [1.807, 2.05) is 65.6 Å². The van der Waals surface area contributed by atoms with Crippen molar-refractivity contribution in [3.05, 3.63) is 71.8 Å². The summed E-state index contributed by atoms with van der Waals surface area (Å²) < 4.78 is 0. The van der Waals surface area contributed by atoms with E-state index in [1.165, 1.54) is 0 Å². The van der Waals surface area contributed by atoms with E-state index in [1.54, 1.807) is 0 Å². The van der Waals surface area contributed by atoms with Crippen molar-refractivity contribution in [1.29, 1.82) is 0 Å². The average Bonchev–Trinajstić information content (AvgIpc) is 3.40. The van der Waals surface area contributed by atoms with E-state index in [2.05, 4.69) is 0 Å². The van der Waals surface area contributed by atoms with Gasteiger partial charge in [0.2, 0.25) is 5.91 Å². The summed E-state index contributed by atoms with van der Waals surface area (Å²) in [4.78, 5) is 14.6. The summed E-state index contributed by atoms with van der Waals surface area (Å²) in [6, 6.07) is 19.5. The van der Waals surface area contributed by atoms with E-state index in [9.17, 15) is 9.90 Å². The predicted molar refractivity (Wildman–Crippen MR) is 90.6 cm³/mol. The average molecular weight is 309 g/mol. The molecule has 3 heteroatoms. The molecule has 1 unspecified atom stereocenters. The van der Waals surface area contributed by atoms with Crippen LogP contribution in [0, 0.1) is 5.92 Å². The van der Waals surface area contributed by atoms with Gasteiger partial charge in [0.15, 0.2) is 0 Å². The molecule has 0 aromatic heterocycles. The number of aliphatic hydroxyl groups excluding tert-OH is 1. The second-order valence-corrected chi connectivity index (χ2v) is 6.26. The van der Waals surface area contributed by atoms with Crippen molar-refractivity contribution in [2.24, 2.45) is 5.92 Å². The maximum atomic E-state index is 12.8. The first-order valence-corrected chi connectivity index (χ1v) is 8.27. The molecule has 2 aromatic rings. The monoisotopic (exact) mass is 309 g/mol. The molecule has 1 atom stereocenters. The summed E-state index contributed by atoms with van der Waals surface area (Å²) in [5.41, 5.74) is 2.07. The molecule has 3 rings (SSSR count). The molecule has 1 aliphatic rings. The summed E-state index contributed by atoms with van der Waals surface area (Å²) in [7, 11) is 0. The molecule has 1 amide bonds. The van der Waals surface area contributed by atoms with Gasteiger partial charge in [-0.3, -0.25) is 4.79 Å². The van der Waals surface area contributed by atoms with Gasteiger partial charge in [0, 0.05) is 13.0 Å². The Bertz CT molecular complexity index is 623. The zero-order valence-corrected chi connectivity index (χ0v) is 13.3. The fraction of sp³-hybridized carbons (Fsp3) is 0.350. The van der Waals surface area contributed by atoms with Crippen LogP contribution in [0.15, 0.2) is 60.7 Å². The Kier molecular flexibility index (Phi) is 5.09. The first kappa shape index (κ1) is 15.8. The van der Waals surface area contributed by atoms with Gasteiger partial charge in [0.1, 0.15) is 0 Å². The summed E-state index contributed by atoms with van der Waals surface area (Å²) in [5.74, 6) is 0.676. The zero-order valence-electron chi connectivity index (χ0n) is 13.3. The van der Waals surface area contributed by atoms with Crippen LogP contribution in [-0.2, 0) is 11.3 Å². The highest BCUT2D eigenvalue weighted by atomic mass is 16.3. The van der Waals surface area contributed by atoms with Crippen molar-refractivity contribution < 1.29 is 9.90 Å². The normalized spacial score (nSPS) is 15.2. The molecule has 1 saturated carbocycles. The maximum absolute atomic E-state index is 12.8. The fourth-order valence-electron chi connectivity index (χ4n) is 2.90. The van der Waals surface area contributed by atoms with Crippen LogP contribution in [0.25, 0.3) is 0 Å². The second-order valence-electron chi connectivity index (χ2n) is 6.26. The summed E-state index contributed by atoms with van der Waals surface area (Å²) >= 11 is 0. The number of benzene rings is 2. The van der Waals surface area contributed by atoms with E-state index in [0.29, 0.717) is 18.9 Å². The van der Waals surface area contributed by atoms with Crippen molar-refractivity contribution in [3.8, 4) is 0 Å². The molecule has 0 spiro atoms. The van der Waals surface area contributed by atoms with Crippen LogP contribution >= 0.6 is 0 Å². The van der Waals surface area contributed by atoms with Crippen LogP contribution in [0.4, 0.5) is 0 Å². The van der Waals surface area contributed by atoms with Gasteiger partial charge < -0.3 is 10.0 Å². The highest BCUT2D eigenvalue weighted by Crippen LogP contribution is 2.34. The standard InChI is InChI=1S/C20H23NO2/c22-15-19(18-9-5-2-6-10-18)21(20(23)13-16-11-12-16)14-17-7-3-1-4-8-17/h1-10,16,19,22H,11-15H2. The summed E-state index contributed by atoms with van der Waals surface area (Å²) in [6.07, 6.45) is 2.90. The molecular weight excluding hydrogens is 286 g/mol. The third-order valence-electron chi connectivity index (χ3n) is 4.41. The van der Waals surface area contributed by atoms with Gasteiger partial charge in [-0.1, -0.05) is 60.7 Å². The first-order chi connectivity index (χ1) is 11.3. The Hall–Kier alpha value is -2.13. The summed E-state index contributed by atoms with van der Waals surface area (Å²) in [6.45, 7) is 0.472. The number of hydrogen-bond donors (Lipinski definition) is 1. The van der Waals surface area contributed by atoms with Crippen molar-refractivity contribution in [2.75, 3.05) is 6.61 Å². The van der Waals surface area contributed by atoms with E-state index in [4.69, 9.17) is 0 Å². The number of aliphatic hydroxyl groups is 1. The number of nitrogens with zero attached hydrogens (tertiary/aromatic N) is 1. The lowest BCUT2D eigenvalue weighted by molar-refractivity contribution is -0.135. The highest BCUT2D eigenvalue weighted by molar-refractivity contribution is 5.77. The lowest BCUT2D eigenvalue weighted by atomic mass is 10.0. The predicted octanol–water partition coefficient (Wildman–Crippen LogP) is 3.55. The Morgan fingerprint density at radius 1 is 1.04 bits per heavy atom. The van der Waals surface area contributed by atoms with Crippen LogP contribution in [0.5, 0.6) is 0 Å². The van der Waals surface area contributed by atoms with Gasteiger partial charge in [0.05, 0.1) is 12.6 Å². The molecule has 1 aliphatic carbocycles. The highest BCUT2D eigenvalue weighted by Gasteiger charge is 2.30. The SMILES string of the molecule is O=C(CC1CC1)N(Cc1ccccc1)C(CO)c1ccccc1. The number of carbonyl (C=O) groups excluding carboxylic acids is 1. The minimum atomic E-state index is -0.289. The molecule has 23 heavy (non-hydrogen) atoms. The minimum absolute atomic E-state index is 0.0622. The van der Waals surface area contributed by atoms with Crippen molar-refractivity contribution in [3.63, 3.8) is 0 Å². The minimum Gasteiger partial charge on any atom is -0.394 e. The van der Waals surface area contributed by atoms with E-state index < -0.39 is 0 Å². The topological polar surface area (TPSA) is 40.5 Å². The van der Waals surface area contributed by atoms with Crippen LogP contribution in [0.3, 0.4) is 0 Å². The van der Waals surface area contributed by atoms with Crippen LogP contribution in [0.1, 0.15) is 36.4 Å². The van der Waals surface area contributed by atoms with Crippen LogP contribution in [-0.4, -0.2) is 22.5 Å². The molecule has 1 N–H and O–H groups in total. The lowest BCUT2D eigenvalue weighted by Gasteiger charge is -2.31. The molecule has 0 bridgehead atoms. The zero-order chi connectivity index (χ0) is 16.1. The lowest BCUT2D eigenvalue weighted by Crippen LogP contribution is -2.36. The van der Waals surface area contributed by atoms with E-state index in [0.717, 1.165) is 24.0 Å². The molecule has 1 fully saturated rings. The van der Waals surface area contributed by atoms with Gasteiger partial charge in [-0.05, 0) is 29.9 Å². The van der Waals surface area contributed by atoms with Crippen LogP contribution < -0.4 is 0 Å². The summed E-state index contributed by atoms with van der Waals surface area (Å²) in [5, 5.41) is 9.93. The first-order valence-electron chi connectivity index (χ1n) is 8.27. The van der Waals surface area contributed by atoms with Gasteiger partial charge in [0.25, 0.3) is 0 Å². The Labute approximate surface area is 137 Å². The molecule has 0 aliphatic heterocycles. The Morgan fingerprint density at radius 2 is 1.65 bits per heavy atom. The third-order valence-corrected chi connectivity index (χ3v) is 4.41. The fourth-order valence-corrected chi connectivity index (χ4v) is 2.90. The van der Waals surface area contributed by atoms with Gasteiger partial charge in [-0.25, -0.2) is 0 Å². The Balaban J connectivity index is 1.84. The number of hydrogen-bond acceptors (Lipinski definition) is 2. The molecular formula is C20H23NO2. The number of rotatable bonds is 7. The van der Waals surface area contributed by atoms with Crippen molar-refractivity contribution >= 4 is 5.91 Å². The van der Waals surface area contributed by atoms with Crippen molar-refractivity contribution in [1.82, 2.24) is 4.90 Å². The molecule has 120 valence electrons. The number of amides is 1. The van der Waals surface area contributed by atoms with E-state index in [-0.39, 0.29) is 18.6 Å². The Morgan fingerprint density at radius 3 is 2.22 bits per heavy atom. The third kappa shape index (κ3) is 4.20. The van der Waals surface area contributed by atoms with E-state index >= 15 is 0 Å². The van der Waals surface area contributed by atoms with Gasteiger partial charge in [-0.15, -0.1) is 0 Å². The van der Waals surface area contributed by atoms with Gasteiger partial charge in [-0.2, -0.15) is 0 Å². The van der Waals surface area contributed by atoms with Crippen LogP contribution in [0.2, 0.25) is 0 Å². The smallest absolute Gasteiger partial charge is 0.223 e. The van der Waals surface area contributed by atoms with Crippen molar-refractivity contribution in [2.45, 2.75) is 31.8 Å². The molecule has 2 aromatic carbocycles. The number of carbonyl (C=O) groups is 1. The second kappa shape index (κ2) is 7.42.